The average molecular weight is 394 g/mol. The van der Waals surface area contributed by atoms with Gasteiger partial charge in [0.05, 0.1) is 19.2 Å². The number of amides is 1. The van der Waals surface area contributed by atoms with E-state index in [9.17, 15) is 9.59 Å². The first kappa shape index (κ1) is 20.3. The van der Waals surface area contributed by atoms with Gasteiger partial charge in [0.25, 0.3) is 0 Å². The molecule has 1 aromatic rings. The van der Waals surface area contributed by atoms with Gasteiger partial charge >= 0.3 is 5.97 Å². The molecule has 0 unspecified atom stereocenters. The standard InChI is InChI=1S/C20H31N3O3S/c1-3-22-10-12-23(13-11-22)14-17(24)21-19-18(20(25)26-2)15-8-6-4-5-7-9-16(15)27-19/h3-14H2,1-2H3,(H,21,24). The second-order valence-electron chi connectivity index (χ2n) is 7.37. The van der Waals surface area contributed by atoms with Crippen LogP contribution >= 0.6 is 11.3 Å². The van der Waals surface area contributed by atoms with Gasteiger partial charge in [-0.2, -0.15) is 0 Å². The first-order valence-electron chi connectivity index (χ1n) is 10.1. The minimum atomic E-state index is -0.333. The highest BCUT2D eigenvalue weighted by molar-refractivity contribution is 7.17. The lowest BCUT2D eigenvalue weighted by Crippen LogP contribution is -2.48. The van der Waals surface area contributed by atoms with Crippen LogP contribution in [0.15, 0.2) is 0 Å². The van der Waals surface area contributed by atoms with E-state index in [1.807, 2.05) is 0 Å². The Hall–Kier alpha value is -1.44. The molecule has 1 aliphatic carbocycles. The molecule has 1 aliphatic heterocycles. The molecule has 150 valence electrons. The van der Waals surface area contributed by atoms with Gasteiger partial charge < -0.3 is 15.0 Å². The molecule has 1 saturated heterocycles. The summed E-state index contributed by atoms with van der Waals surface area (Å²) in [7, 11) is 1.41. The molecule has 0 spiro atoms. The van der Waals surface area contributed by atoms with Crippen LogP contribution in [0.1, 0.15) is 53.4 Å². The highest BCUT2D eigenvalue weighted by atomic mass is 32.1. The maximum atomic E-state index is 12.6. The fourth-order valence-electron chi connectivity index (χ4n) is 3.96. The predicted molar refractivity (Wildman–Crippen MR) is 109 cm³/mol. The maximum Gasteiger partial charge on any atom is 0.341 e. The Labute approximate surface area is 165 Å². The van der Waals surface area contributed by atoms with Crippen molar-refractivity contribution in [2.45, 2.75) is 45.4 Å². The minimum Gasteiger partial charge on any atom is -0.465 e. The number of carbonyl (C=O) groups excluding carboxylic acids is 2. The van der Waals surface area contributed by atoms with Crippen LogP contribution in [0.4, 0.5) is 5.00 Å². The fraction of sp³-hybridized carbons (Fsp3) is 0.700. The van der Waals surface area contributed by atoms with Crippen LogP contribution in [0.25, 0.3) is 0 Å². The Bertz CT molecular complexity index is 666. The first-order valence-corrected chi connectivity index (χ1v) is 10.9. The lowest BCUT2D eigenvalue weighted by Gasteiger charge is -2.33. The SMILES string of the molecule is CCN1CCN(CC(=O)Nc2sc3c(c2C(=O)OC)CCCCCC3)CC1. The number of ether oxygens (including phenoxy) is 1. The second-order valence-corrected chi connectivity index (χ2v) is 8.48. The van der Waals surface area contributed by atoms with Crippen molar-refractivity contribution in [1.29, 1.82) is 0 Å². The van der Waals surface area contributed by atoms with Gasteiger partial charge in [-0.3, -0.25) is 9.69 Å². The number of thiophene rings is 1. The van der Waals surface area contributed by atoms with Crippen molar-refractivity contribution >= 4 is 28.2 Å². The summed E-state index contributed by atoms with van der Waals surface area (Å²) >= 11 is 1.56. The number of methoxy groups -OCH3 is 1. The number of piperazine rings is 1. The topological polar surface area (TPSA) is 61.9 Å². The van der Waals surface area contributed by atoms with Crippen LogP contribution in [-0.4, -0.2) is 68.1 Å². The van der Waals surface area contributed by atoms with Crippen molar-refractivity contribution in [1.82, 2.24) is 9.80 Å². The van der Waals surface area contributed by atoms with Gasteiger partial charge in [-0.05, 0) is 37.8 Å². The van der Waals surface area contributed by atoms with Gasteiger partial charge in [-0.25, -0.2) is 4.79 Å². The van der Waals surface area contributed by atoms with Gasteiger partial charge in [0.15, 0.2) is 0 Å². The van der Waals surface area contributed by atoms with E-state index < -0.39 is 0 Å². The number of aryl methyl sites for hydroxylation is 1. The van der Waals surface area contributed by atoms with E-state index in [2.05, 4.69) is 22.0 Å². The zero-order chi connectivity index (χ0) is 19.2. The lowest BCUT2D eigenvalue weighted by atomic mass is 9.96. The highest BCUT2D eigenvalue weighted by Crippen LogP contribution is 2.37. The van der Waals surface area contributed by atoms with Crippen molar-refractivity contribution in [2.24, 2.45) is 0 Å². The van der Waals surface area contributed by atoms with E-state index in [1.165, 1.54) is 24.8 Å². The summed E-state index contributed by atoms with van der Waals surface area (Å²) in [5, 5.41) is 3.69. The number of hydrogen-bond acceptors (Lipinski definition) is 6. The van der Waals surface area contributed by atoms with Crippen molar-refractivity contribution in [3.63, 3.8) is 0 Å². The van der Waals surface area contributed by atoms with Gasteiger partial charge in [-0.1, -0.05) is 19.8 Å². The van der Waals surface area contributed by atoms with Gasteiger partial charge in [0, 0.05) is 31.1 Å². The third-order valence-electron chi connectivity index (χ3n) is 5.59. The number of nitrogens with zero attached hydrogens (tertiary/aromatic N) is 2. The molecular weight excluding hydrogens is 362 g/mol. The predicted octanol–water partition coefficient (Wildman–Crippen LogP) is 2.77. The number of fused-ring (bicyclic) bond motifs is 1. The fourth-order valence-corrected chi connectivity index (χ4v) is 5.25. The molecule has 0 aromatic carbocycles. The molecule has 1 fully saturated rings. The quantitative estimate of drug-likeness (QED) is 0.780. The maximum absolute atomic E-state index is 12.6. The lowest BCUT2D eigenvalue weighted by molar-refractivity contribution is -0.117. The zero-order valence-corrected chi connectivity index (χ0v) is 17.3. The van der Waals surface area contributed by atoms with E-state index in [0.717, 1.165) is 64.0 Å². The highest BCUT2D eigenvalue weighted by Gasteiger charge is 2.26. The molecule has 0 saturated carbocycles. The molecule has 1 amide bonds. The number of hydrogen-bond donors (Lipinski definition) is 1. The smallest absolute Gasteiger partial charge is 0.341 e. The molecule has 0 radical (unpaired) electrons. The number of anilines is 1. The van der Waals surface area contributed by atoms with E-state index >= 15 is 0 Å². The van der Waals surface area contributed by atoms with Crippen molar-refractivity contribution < 1.29 is 14.3 Å². The van der Waals surface area contributed by atoms with Crippen molar-refractivity contribution in [3.05, 3.63) is 16.0 Å². The second kappa shape index (κ2) is 9.66. The molecule has 3 rings (SSSR count). The summed E-state index contributed by atoms with van der Waals surface area (Å²) in [4.78, 5) is 30.9. The Kier molecular flexibility index (Phi) is 7.26. The van der Waals surface area contributed by atoms with Crippen LogP contribution < -0.4 is 5.32 Å². The summed E-state index contributed by atoms with van der Waals surface area (Å²) in [5.41, 5.74) is 1.68. The first-order chi connectivity index (χ1) is 13.1. The molecule has 1 N–H and O–H groups in total. The molecule has 27 heavy (non-hydrogen) atoms. The number of likely N-dealkylation sites (N-methyl/N-ethyl adjacent to an activating group) is 1. The summed E-state index contributed by atoms with van der Waals surface area (Å²) in [5.74, 6) is -0.376. The monoisotopic (exact) mass is 393 g/mol. The molecule has 2 aliphatic rings. The normalized spacial score (nSPS) is 19.0. The third-order valence-corrected chi connectivity index (χ3v) is 6.80. The number of esters is 1. The zero-order valence-electron chi connectivity index (χ0n) is 16.5. The Morgan fingerprint density at radius 1 is 1.04 bits per heavy atom. The van der Waals surface area contributed by atoms with Crippen molar-refractivity contribution in [2.75, 3.05) is 51.7 Å². The summed E-state index contributed by atoms with van der Waals surface area (Å²) in [6.45, 7) is 7.43. The van der Waals surface area contributed by atoms with Crippen molar-refractivity contribution in [3.8, 4) is 0 Å². The molecule has 2 heterocycles. The molecule has 1 aromatic heterocycles. The Morgan fingerprint density at radius 3 is 2.37 bits per heavy atom. The van der Waals surface area contributed by atoms with Crippen LogP contribution in [-0.2, 0) is 22.4 Å². The van der Waals surface area contributed by atoms with Gasteiger partial charge in [0.2, 0.25) is 5.91 Å². The molecular formula is C20H31N3O3S. The number of carbonyl (C=O) groups is 2. The average Bonchev–Trinajstić information content (AvgIpc) is 2.97. The molecule has 6 nitrogen and oxygen atoms in total. The van der Waals surface area contributed by atoms with E-state index in [1.54, 1.807) is 11.3 Å². The third kappa shape index (κ3) is 5.09. The summed E-state index contributed by atoms with van der Waals surface area (Å²) < 4.78 is 5.03. The molecule has 0 bridgehead atoms. The molecule has 0 atom stereocenters. The van der Waals surface area contributed by atoms with Gasteiger partial charge in [0.1, 0.15) is 5.00 Å². The van der Waals surface area contributed by atoms with Crippen LogP contribution in [0.2, 0.25) is 0 Å². The van der Waals surface area contributed by atoms with E-state index in [-0.39, 0.29) is 11.9 Å². The minimum absolute atomic E-state index is 0.0423. The van der Waals surface area contributed by atoms with E-state index in [0.29, 0.717) is 17.1 Å². The van der Waals surface area contributed by atoms with Crippen LogP contribution in [0.3, 0.4) is 0 Å². The Balaban J connectivity index is 1.70. The number of rotatable bonds is 5. The number of nitrogens with one attached hydrogen (secondary N) is 1. The van der Waals surface area contributed by atoms with Gasteiger partial charge in [-0.15, -0.1) is 11.3 Å². The van der Waals surface area contributed by atoms with E-state index in [4.69, 9.17) is 4.74 Å². The summed E-state index contributed by atoms with van der Waals surface area (Å²) in [6.07, 6.45) is 6.54. The molecule has 7 heteroatoms. The summed E-state index contributed by atoms with van der Waals surface area (Å²) in [6, 6.07) is 0. The Morgan fingerprint density at radius 2 is 1.70 bits per heavy atom. The van der Waals surface area contributed by atoms with Crippen LogP contribution in [0.5, 0.6) is 0 Å². The van der Waals surface area contributed by atoms with Crippen LogP contribution in [0, 0.1) is 0 Å². The largest absolute Gasteiger partial charge is 0.465 e.